The van der Waals surface area contributed by atoms with Gasteiger partial charge in [-0.1, -0.05) is 12.1 Å². The van der Waals surface area contributed by atoms with Gasteiger partial charge < -0.3 is 19.7 Å². The van der Waals surface area contributed by atoms with Crippen LogP contribution >= 0.6 is 0 Å². The highest BCUT2D eigenvalue weighted by Gasteiger charge is 2.71. The van der Waals surface area contributed by atoms with Crippen molar-refractivity contribution in [3.8, 4) is 0 Å². The molecule has 17 heteroatoms. The van der Waals surface area contributed by atoms with Crippen molar-refractivity contribution in [1.29, 1.82) is 0 Å². The van der Waals surface area contributed by atoms with Gasteiger partial charge in [-0.25, -0.2) is 12.8 Å². The second-order valence-corrected chi connectivity index (χ2v) is 11.1. The Morgan fingerprint density at radius 2 is 1.61 bits per heavy atom. The number of hydrogen-bond donors (Lipinski definition) is 3. The van der Waals surface area contributed by atoms with Crippen LogP contribution in [0.3, 0.4) is 0 Å². The number of hydrogen-bond acceptors (Lipinski definition) is 8. The minimum Gasteiger partial charge on any atom is -0.425 e. The summed E-state index contributed by atoms with van der Waals surface area (Å²) in [6.45, 7) is -0.597. The van der Waals surface area contributed by atoms with Crippen molar-refractivity contribution < 1.29 is 58.9 Å². The lowest BCUT2D eigenvalue weighted by molar-refractivity contribution is -0.376. The average Bonchev–Trinajstić information content (AvgIpc) is 3.32. The van der Waals surface area contributed by atoms with Crippen molar-refractivity contribution in [1.82, 2.24) is 10.2 Å². The highest BCUT2D eigenvalue weighted by Crippen LogP contribution is 2.51. The fourth-order valence-corrected chi connectivity index (χ4v) is 6.22. The summed E-state index contributed by atoms with van der Waals surface area (Å²) in [5.41, 5.74) is -7.26. The molecule has 1 unspecified atom stereocenters. The Morgan fingerprint density at radius 3 is 2.20 bits per heavy atom. The predicted molar refractivity (Wildman–Crippen MR) is 125 cm³/mol. The van der Waals surface area contributed by atoms with Gasteiger partial charge in [-0.15, -0.1) is 10.2 Å². The molecule has 1 aliphatic rings. The highest BCUT2D eigenvalue weighted by molar-refractivity contribution is 7.92. The Balaban J connectivity index is 1.80. The molecule has 1 aromatic heterocycles. The molecule has 2 atom stereocenters. The first-order chi connectivity index (χ1) is 19.0. The van der Waals surface area contributed by atoms with E-state index in [0.717, 1.165) is 34.6 Å². The van der Waals surface area contributed by atoms with E-state index >= 15 is 0 Å². The fourth-order valence-electron chi connectivity index (χ4n) is 4.50. The van der Waals surface area contributed by atoms with Gasteiger partial charge in [0.15, 0.2) is 0 Å². The molecule has 9 nitrogen and oxygen atoms in total. The van der Waals surface area contributed by atoms with Crippen LogP contribution in [0.25, 0.3) is 0 Å². The normalized spacial score (nSPS) is 17.4. The maximum Gasteiger partial charge on any atom is 0.430 e. The van der Waals surface area contributed by atoms with Crippen LogP contribution in [0.15, 0.2) is 51.8 Å². The number of aromatic nitrogens is 2. The van der Waals surface area contributed by atoms with E-state index in [0.29, 0.717) is 12.1 Å². The number of anilines is 1. The summed E-state index contributed by atoms with van der Waals surface area (Å²) in [7, 11) is -4.59. The third-order valence-corrected chi connectivity index (χ3v) is 8.42. The van der Waals surface area contributed by atoms with Crippen molar-refractivity contribution in [2.24, 2.45) is 0 Å². The lowest BCUT2D eigenvalue weighted by Gasteiger charge is -2.39. The van der Waals surface area contributed by atoms with E-state index in [1.165, 1.54) is 0 Å². The van der Waals surface area contributed by atoms with Crippen LogP contribution in [0.2, 0.25) is 0 Å². The second kappa shape index (κ2) is 10.8. The molecular formula is C24H22F7N3O6S. The summed E-state index contributed by atoms with van der Waals surface area (Å²) in [5.74, 6) is -0.932. The third-order valence-electron chi connectivity index (χ3n) is 6.54. The molecule has 0 bridgehead atoms. The van der Waals surface area contributed by atoms with Gasteiger partial charge in [-0.05, 0) is 48.7 Å². The summed E-state index contributed by atoms with van der Waals surface area (Å²) in [6, 6.07) is 4.10. The first-order valence-corrected chi connectivity index (χ1v) is 13.3. The zero-order valence-electron chi connectivity index (χ0n) is 20.7. The molecule has 3 aromatic rings. The molecule has 2 aromatic carbocycles. The van der Waals surface area contributed by atoms with E-state index in [2.05, 4.69) is 10.2 Å². The Kier molecular flexibility index (Phi) is 8.12. The summed E-state index contributed by atoms with van der Waals surface area (Å²) in [4.78, 5) is -0.416. The van der Waals surface area contributed by atoms with E-state index in [4.69, 9.17) is 9.52 Å². The first-order valence-electron chi connectivity index (χ1n) is 11.9. The number of aliphatic hydroxyl groups is 3. The van der Waals surface area contributed by atoms with Crippen LogP contribution in [0.5, 0.6) is 0 Å². The molecule has 3 N–H and O–H groups in total. The number of benzene rings is 2. The maximum atomic E-state index is 13.7. The van der Waals surface area contributed by atoms with Gasteiger partial charge in [0.05, 0.1) is 35.8 Å². The minimum atomic E-state index is -6.14. The Labute approximate surface area is 227 Å². The average molecular weight is 614 g/mol. The molecule has 1 aliphatic heterocycles. The number of nitrogens with zero attached hydrogens (tertiary/aromatic N) is 3. The van der Waals surface area contributed by atoms with Gasteiger partial charge in [0.2, 0.25) is 11.8 Å². The molecule has 0 fully saturated rings. The van der Waals surface area contributed by atoms with Crippen molar-refractivity contribution in [3.63, 3.8) is 0 Å². The number of fused-ring (bicyclic) bond motifs is 1. The second-order valence-electron chi connectivity index (χ2n) is 9.33. The number of aryl methyl sites for hydroxylation is 1. The quantitative estimate of drug-likeness (QED) is 0.330. The van der Waals surface area contributed by atoms with Crippen molar-refractivity contribution in [3.05, 3.63) is 71.2 Å². The third kappa shape index (κ3) is 5.75. The largest absolute Gasteiger partial charge is 0.430 e. The van der Waals surface area contributed by atoms with Gasteiger partial charge in [-0.3, -0.25) is 4.31 Å². The molecule has 0 spiro atoms. The molecule has 0 saturated heterocycles. The number of alkyl halides is 6. The summed E-state index contributed by atoms with van der Waals surface area (Å²) >= 11 is 0. The maximum absolute atomic E-state index is 13.7. The summed E-state index contributed by atoms with van der Waals surface area (Å²) in [5, 5.41) is 35.9. The SMILES string of the molecule is O=S(=O)(c1ccc(F)cc1)N1c2ccc(C(O)(C(F)(F)F)C(F)(F)F)cc2CC[C@H]1Cc1nnc(CC(O)CO)o1. The van der Waals surface area contributed by atoms with Crippen LogP contribution < -0.4 is 4.31 Å². The highest BCUT2D eigenvalue weighted by atomic mass is 32.2. The van der Waals surface area contributed by atoms with Crippen LogP contribution in [-0.2, 0) is 34.9 Å². The van der Waals surface area contributed by atoms with Crippen molar-refractivity contribution in [2.45, 2.75) is 60.7 Å². The fraction of sp³-hybridized carbons (Fsp3) is 0.417. The Bertz CT molecular complexity index is 1480. The van der Waals surface area contributed by atoms with Gasteiger partial charge in [0.1, 0.15) is 5.82 Å². The van der Waals surface area contributed by atoms with Gasteiger partial charge in [0.25, 0.3) is 15.6 Å². The molecular weight excluding hydrogens is 591 g/mol. The molecule has 0 radical (unpaired) electrons. The summed E-state index contributed by atoms with van der Waals surface area (Å²) in [6.07, 6.45) is -14.3. The lowest BCUT2D eigenvalue weighted by Crippen LogP contribution is -2.54. The monoisotopic (exact) mass is 613 g/mol. The van der Waals surface area contributed by atoms with E-state index in [9.17, 15) is 49.4 Å². The first kappa shape index (κ1) is 30.7. The Morgan fingerprint density at radius 1 is 1.00 bits per heavy atom. The predicted octanol–water partition coefficient (Wildman–Crippen LogP) is 3.17. The zero-order valence-corrected chi connectivity index (χ0v) is 21.5. The minimum absolute atomic E-state index is 0.0751. The Hall–Kier alpha value is -3.28. The van der Waals surface area contributed by atoms with Gasteiger partial charge in [0, 0.05) is 12.0 Å². The van der Waals surface area contributed by atoms with Crippen LogP contribution in [0.1, 0.15) is 29.3 Å². The number of halogens is 7. The molecule has 0 amide bonds. The van der Waals surface area contributed by atoms with Gasteiger partial charge >= 0.3 is 12.4 Å². The van der Waals surface area contributed by atoms with E-state index in [1.54, 1.807) is 0 Å². The number of sulfonamides is 1. The standard InChI is InChI=1S/C24H22F7N3O6S/c25-15-3-6-18(7-4-15)41(38,39)34-16(10-20-32-33-21(40-20)11-17(36)12-35)5-1-13-9-14(2-8-19(13)34)22(37,23(26,27)28)24(29,30)31/h2-4,6-9,16-17,35-37H,1,5,10-12H2/t16-,17?/m0/s1. The van der Waals surface area contributed by atoms with E-state index in [-0.39, 0.29) is 48.7 Å². The van der Waals surface area contributed by atoms with E-state index in [1.807, 2.05) is 0 Å². The van der Waals surface area contributed by atoms with Gasteiger partial charge in [-0.2, -0.15) is 26.3 Å². The zero-order chi connectivity index (χ0) is 30.4. The van der Waals surface area contributed by atoms with Crippen LogP contribution in [0.4, 0.5) is 36.4 Å². The number of aliphatic hydroxyl groups excluding tert-OH is 2. The van der Waals surface area contributed by atoms with Crippen molar-refractivity contribution >= 4 is 15.7 Å². The molecule has 2 heterocycles. The molecule has 41 heavy (non-hydrogen) atoms. The molecule has 0 saturated carbocycles. The number of rotatable bonds is 8. The van der Waals surface area contributed by atoms with Crippen LogP contribution in [0, 0.1) is 5.82 Å². The molecule has 0 aliphatic carbocycles. The summed E-state index contributed by atoms with van der Waals surface area (Å²) < 4.78 is 128. The van der Waals surface area contributed by atoms with E-state index < -0.39 is 63.0 Å². The molecule has 224 valence electrons. The molecule has 4 rings (SSSR count). The lowest BCUT2D eigenvalue weighted by atomic mass is 9.87. The smallest absolute Gasteiger partial charge is 0.425 e. The van der Waals surface area contributed by atoms with Crippen molar-refractivity contribution in [2.75, 3.05) is 10.9 Å². The van der Waals surface area contributed by atoms with Crippen LogP contribution in [-0.4, -0.2) is 65.0 Å². The topological polar surface area (TPSA) is 137 Å².